The summed E-state index contributed by atoms with van der Waals surface area (Å²) in [5.74, 6) is -3.31. The summed E-state index contributed by atoms with van der Waals surface area (Å²) in [6.45, 7) is 2.75. The number of rotatable bonds is 5. The molecule has 0 aliphatic heterocycles. The lowest BCUT2D eigenvalue weighted by molar-refractivity contribution is -0.154. The number of oxime groups is 1. The Morgan fingerprint density at radius 1 is 1.33 bits per heavy atom. The van der Waals surface area contributed by atoms with Crippen LogP contribution in [-0.4, -0.2) is 23.8 Å². The molecular weight excluding hydrogens is 290 g/mol. The van der Waals surface area contributed by atoms with Crippen LogP contribution in [0.1, 0.15) is 16.7 Å². The average Bonchev–Trinajstić information content (AvgIpc) is 2.38. The molecule has 4 N–H and O–H groups in total. The predicted molar refractivity (Wildman–Crippen MR) is 70.5 cm³/mol. The molecule has 1 unspecified atom stereocenters. The summed E-state index contributed by atoms with van der Waals surface area (Å²) in [5.41, 5.74) is 6.55. The summed E-state index contributed by atoms with van der Waals surface area (Å²) in [5, 5.41) is 13.4. The lowest BCUT2D eigenvalue weighted by atomic mass is 10.1. The molecule has 1 atom stereocenters. The zero-order valence-corrected chi connectivity index (χ0v) is 11.6. The Morgan fingerprint density at radius 2 is 1.86 bits per heavy atom. The number of halogens is 4. The van der Waals surface area contributed by atoms with Gasteiger partial charge in [-0.1, -0.05) is 17.3 Å². The number of hydrogen-bond acceptors (Lipinski definition) is 3. The Labute approximate surface area is 119 Å². The van der Waals surface area contributed by atoms with Crippen molar-refractivity contribution in [3.63, 3.8) is 0 Å². The van der Waals surface area contributed by atoms with Gasteiger partial charge in [0.15, 0.2) is 5.84 Å². The Bertz CT molecular complexity index is 506. The molecule has 0 radical (unpaired) electrons. The van der Waals surface area contributed by atoms with Gasteiger partial charge in [-0.2, -0.15) is 13.2 Å². The number of nitrogens with one attached hydrogen (secondary N) is 1. The summed E-state index contributed by atoms with van der Waals surface area (Å²) in [7, 11) is 0. The van der Waals surface area contributed by atoms with Crippen LogP contribution in [0.3, 0.4) is 0 Å². The van der Waals surface area contributed by atoms with Gasteiger partial charge in [-0.25, -0.2) is 4.39 Å². The summed E-state index contributed by atoms with van der Waals surface area (Å²) in [6, 6.07) is 3.11. The Balaban J connectivity index is 2.71. The highest BCUT2D eigenvalue weighted by Crippen LogP contribution is 2.26. The topological polar surface area (TPSA) is 70.6 Å². The zero-order chi connectivity index (χ0) is 16.2. The standard InChI is InChI=1S/C13H17F4N3O/c1-7-3-9(4-8(2)11(7)14)5-19-6-10(12(18)20-21)13(15,16)17/h3-4,10,19,21H,5-6H2,1-2H3,(H2,18,20). The first kappa shape index (κ1) is 17.2. The fraction of sp³-hybridized carbons (Fsp3) is 0.462. The van der Waals surface area contributed by atoms with E-state index < -0.39 is 24.5 Å². The molecule has 0 heterocycles. The monoisotopic (exact) mass is 307 g/mol. The van der Waals surface area contributed by atoms with Crippen molar-refractivity contribution in [1.29, 1.82) is 0 Å². The summed E-state index contributed by atoms with van der Waals surface area (Å²) >= 11 is 0. The summed E-state index contributed by atoms with van der Waals surface area (Å²) < 4.78 is 51.5. The molecule has 1 rings (SSSR count). The van der Waals surface area contributed by atoms with Crippen LogP contribution in [0.2, 0.25) is 0 Å². The molecule has 0 aromatic heterocycles. The van der Waals surface area contributed by atoms with Crippen LogP contribution in [0.15, 0.2) is 17.3 Å². The predicted octanol–water partition coefficient (Wildman–Crippen LogP) is 2.46. The highest BCUT2D eigenvalue weighted by Gasteiger charge is 2.42. The molecule has 21 heavy (non-hydrogen) atoms. The van der Waals surface area contributed by atoms with Crippen molar-refractivity contribution in [3.8, 4) is 0 Å². The van der Waals surface area contributed by atoms with Gasteiger partial charge in [0.25, 0.3) is 0 Å². The highest BCUT2D eigenvalue weighted by molar-refractivity contribution is 5.83. The number of aryl methyl sites for hydroxylation is 2. The first-order chi connectivity index (χ1) is 9.66. The SMILES string of the molecule is Cc1cc(CNCC(/C(N)=N/O)C(F)(F)F)cc(C)c1F. The van der Waals surface area contributed by atoms with E-state index in [0.29, 0.717) is 16.7 Å². The first-order valence-corrected chi connectivity index (χ1v) is 6.17. The maximum atomic E-state index is 13.4. The fourth-order valence-corrected chi connectivity index (χ4v) is 1.96. The second-order valence-corrected chi connectivity index (χ2v) is 4.79. The Hall–Kier alpha value is -1.83. The van der Waals surface area contributed by atoms with E-state index in [4.69, 9.17) is 10.9 Å². The maximum absolute atomic E-state index is 13.4. The molecule has 0 fully saturated rings. The van der Waals surface area contributed by atoms with E-state index in [2.05, 4.69) is 10.5 Å². The number of amidine groups is 1. The number of hydrogen-bond donors (Lipinski definition) is 3. The van der Waals surface area contributed by atoms with Crippen molar-refractivity contribution in [2.75, 3.05) is 6.54 Å². The van der Waals surface area contributed by atoms with Crippen molar-refractivity contribution in [3.05, 3.63) is 34.6 Å². The van der Waals surface area contributed by atoms with Crippen molar-refractivity contribution < 1.29 is 22.8 Å². The van der Waals surface area contributed by atoms with E-state index in [1.807, 2.05) is 0 Å². The molecule has 0 saturated heterocycles. The van der Waals surface area contributed by atoms with Gasteiger partial charge in [0.2, 0.25) is 0 Å². The van der Waals surface area contributed by atoms with Gasteiger partial charge in [0.05, 0.1) is 0 Å². The largest absolute Gasteiger partial charge is 0.409 e. The molecule has 0 spiro atoms. The first-order valence-electron chi connectivity index (χ1n) is 6.17. The molecule has 8 heteroatoms. The average molecular weight is 307 g/mol. The highest BCUT2D eigenvalue weighted by atomic mass is 19.4. The van der Waals surface area contributed by atoms with Crippen LogP contribution in [0.5, 0.6) is 0 Å². The van der Waals surface area contributed by atoms with E-state index in [0.717, 1.165) is 0 Å². The van der Waals surface area contributed by atoms with Crippen LogP contribution >= 0.6 is 0 Å². The fourth-order valence-electron chi connectivity index (χ4n) is 1.96. The van der Waals surface area contributed by atoms with Gasteiger partial charge >= 0.3 is 6.18 Å². The third-order valence-corrected chi connectivity index (χ3v) is 3.04. The van der Waals surface area contributed by atoms with Crippen molar-refractivity contribution >= 4 is 5.84 Å². The molecule has 0 aliphatic carbocycles. The summed E-state index contributed by atoms with van der Waals surface area (Å²) in [4.78, 5) is 0. The minimum absolute atomic E-state index is 0.118. The molecule has 0 aliphatic rings. The number of alkyl halides is 3. The maximum Gasteiger partial charge on any atom is 0.400 e. The van der Waals surface area contributed by atoms with E-state index in [1.165, 1.54) is 0 Å². The van der Waals surface area contributed by atoms with Gasteiger partial charge in [-0.05, 0) is 30.5 Å². The van der Waals surface area contributed by atoms with E-state index in [-0.39, 0.29) is 12.4 Å². The number of benzene rings is 1. The molecule has 118 valence electrons. The Morgan fingerprint density at radius 3 is 2.29 bits per heavy atom. The number of nitrogens with two attached hydrogens (primary N) is 1. The van der Waals surface area contributed by atoms with E-state index in [9.17, 15) is 17.6 Å². The minimum atomic E-state index is -4.61. The van der Waals surface area contributed by atoms with Gasteiger partial charge in [-0.15, -0.1) is 0 Å². The molecule has 0 amide bonds. The molecule has 1 aromatic carbocycles. The zero-order valence-electron chi connectivity index (χ0n) is 11.6. The lowest BCUT2D eigenvalue weighted by Crippen LogP contribution is -2.42. The smallest absolute Gasteiger partial charge is 0.400 e. The second-order valence-electron chi connectivity index (χ2n) is 4.79. The third kappa shape index (κ3) is 4.59. The molecule has 1 aromatic rings. The van der Waals surface area contributed by atoms with Crippen LogP contribution in [-0.2, 0) is 6.54 Å². The van der Waals surface area contributed by atoms with E-state index in [1.54, 1.807) is 26.0 Å². The van der Waals surface area contributed by atoms with Gasteiger partial charge in [0, 0.05) is 13.1 Å². The van der Waals surface area contributed by atoms with Crippen molar-refractivity contribution in [1.82, 2.24) is 5.32 Å². The molecule has 0 bridgehead atoms. The quantitative estimate of drug-likeness (QED) is 0.257. The normalized spacial score (nSPS) is 14.3. The molecular formula is C13H17F4N3O. The van der Waals surface area contributed by atoms with Gasteiger partial charge in [-0.3, -0.25) is 0 Å². The van der Waals surface area contributed by atoms with Gasteiger partial charge < -0.3 is 16.3 Å². The van der Waals surface area contributed by atoms with Crippen LogP contribution in [0.25, 0.3) is 0 Å². The second kappa shape index (κ2) is 6.75. The third-order valence-electron chi connectivity index (χ3n) is 3.04. The van der Waals surface area contributed by atoms with Crippen LogP contribution in [0.4, 0.5) is 17.6 Å². The number of nitrogens with zero attached hydrogens (tertiary/aromatic N) is 1. The van der Waals surface area contributed by atoms with Crippen molar-refractivity contribution in [2.24, 2.45) is 16.8 Å². The van der Waals surface area contributed by atoms with Crippen molar-refractivity contribution in [2.45, 2.75) is 26.6 Å². The van der Waals surface area contributed by atoms with Gasteiger partial charge in [0.1, 0.15) is 11.7 Å². The lowest BCUT2D eigenvalue weighted by Gasteiger charge is -2.19. The minimum Gasteiger partial charge on any atom is -0.409 e. The molecule has 4 nitrogen and oxygen atoms in total. The molecule has 0 saturated carbocycles. The summed E-state index contributed by atoms with van der Waals surface area (Å²) in [6.07, 6.45) is -4.61. The Kier molecular flexibility index (Phi) is 5.54. The van der Waals surface area contributed by atoms with E-state index >= 15 is 0 Å². The van der Waals surface area contributed by atoms with Crippen LogP contribution < -0.4 is 11.1 Å². The van der Waals surface area contributed by atoms with Crippen LogP contribution in [0, 0.1) is 25.6 Å².